The number of hydrogen-bond acceptors (Lipinski definition) is 3. The van der Waals surface area contributed by atoms with E-state index >= 15 is 0 Å². The summed E-state index contributed by atoms with van der Waals surface area (Å²) in [4.78, 5) is 15.1. The Hall–Kier alpha value is -3.18. The van der Waals surface area contributed by atoms with Crippen LogP contribution in [0.5, 0.6) is 0 Å². The zero-order valence-corrected chi connectivity index (χ0v) is 20.8. The van der Waals surface area contributed by atoms with Gasteiger partial charge < -0.3 is 0 Å². The Morgan fingerprint density at radius 3 is 2.11 bits per heavy atom. The molecule has 12 heteroatoms. The van der Waals surface area contributed by atoms with Gasteiger partial charge in [0, 0.05) is 37.3 Å². The van der Waals surface area contributed by atoms with Crippen molar-refractivity contribution in [3.63, 3.8) is 0 Å². The average molecular weight is 562 g/mol. The number of ketones is 1. The van der Waals surface area contributed by atoms with Crippen molar-refractivity contribution in [3.8, 4) is 11.3 Å². The number of rotatable bonds is 6. The van der Waals surface area contributed by atoms with Crippen molar-refractivity contribution in [3.05, 3.63) is 82.3 Å². The van der Waals surface area contributed by atoms with Gasteiger partial charge >= 0.3 is 12.4 Å². The van der Waals surface area contributed by atoms with Crippen molar-refractivity contribution < 1.29 is 35.5 Å². The summed E-state index contributed by atoms with van der Waals surface area (Å²) in [7, 11) is 0. The highest BCUT2D eigenvalue weighted by Crippen LogP contribution is 2.39. The molecule has 0 unspecified atom stereocenters. The highest BCUT2D eigenvalue weighted by atomic mass is 35.5. The van der Waals surface area contributed by atoms with Crippen molar-refractivity contribution in [2.24, 2.45) is 0 Å². The van der Waals surface area contributed by atoms with Crippen LogP contribution in [0.25, 0.3) is 16.8 Å². The number of aryl methyl sites for hydroxylation is 1. The lowest BCUT2D eigenvalue weighted by molar-refractivity contribution is -0.143. The molecule has 4 nitrogen and oxygen atoms in total. The fourth-order valence-corrected chi connectivity index (χ4v) is 4.30. The minimum atomic E-state index is -5.01. The molecular formula is C26H23ClF7N3O. The normalized spacial score (nSPS) is 14.7. The van der Waals surface area contributed by atoms with E-state index in [2.05, 4.69) is 10.2 Å². The molecule has 0 spiro atoms. The third-order valence-corrected chi connectivity index (χ3v) is 6.25. The van der Waals surface area contributed by atoms with Crippen LogP contribution >= 0.6 is 12.4 Å². The van der Waals surface area contributed by atoms with Crippen LogP contribution in [0.2, 0.25) is 0 Å². The summed E-state index contributed by atoms with van der Waals surface area (Å²) in [5.41, 5.74) is -1.47. The van der Waals surface area contributed by atoms with Crippen LogP contribution in [0.3, 0.4) is 0 Å². The molecule has 0 saturated heterocycles. The number of hydrogen-bond donors (Lipinski definition) is 1. The summed E-state index contributed by atoms with van der Waals surface area (Å²) in [6.45, 7) is 3.00. The first-order valence-corrected chi connectivity index (χ1v) is 11.4. The monoisotopic (exact) mass is 561 g/mol. The van der Waals surface area contributed by atoms with Gasteiger partial charge in [0.15, 0.2) is 5.78 Å². The molecule has 3 aromatic rings. The van der Waals surface area contributed by atoms with Gasteiger partial charge in [-0.25, -0.2) is 4.39 Å². The maximum absolute atomic E-state index is 13.3. The van der Waals surface area contributed by atoms with Gasteiger partial charge in [0.2, 0.25) is 0 Å². The van der Waals surface area contributed by atoms with Crippen LogP contribution in [0.15, 0.2) is 48.5 Å². The molecule has 0 saturated carbocycles. The number of nitrogens with zero attached hydrogens (tertiary/aromatic N) is 2. The number of aromatic amines is 1. The summed E-state index contributed by atoms with van der Waals surface area (Å²) in [6, 6.07) is 7.32. The zero-order chi connectivity index (χ0) is 27.0. The molecule has 0 amide bonds. The largest absolute Gasteiger partial charge is 0.416 e. The molecule has 204 valence electrons. The third kappa shape index (κ3) is 6.63. The van der Waals surface area contributed by atoms with Crippen molar-refractivity contribution in [1.29, 1.82) is 0 Å². The molecular weight excluding hydrogens is 539 g/mol. The first kappa shape index (κ1) is 29.4. The number of benzene rings is 2. The lowest BCUT2D eigenvalue weighted by Gasteiger charge is -2.26. The Morgan fingerprint density at radius 1 is 0.974 bits per heavy atom. The maximum atomic E-state index is 13.3. The van der Waals surface area contributed by atoms with E-state index in [-0.39, 0.29) is 47.7 Å². The Bertz CT molecular complexity index is 1300. The standard InChI is InChI=1S/C26H22F7N3O.ClH/c1-15-23(22(37)8-11-36-9-6-17(7-10-36)16-2-4-21(27)5-3-16)24(35-34-15)18-12-19(25(28,29)30)14-20(13-18)26(31,32)33;/h2-6,12-14H,7-11H2,1H3,(H,34,35);1H. The van der Waals surface area contributed by atoms with Crippen molar-refractivity contribution in [2.75, 3.05) is 19.6 Å². The number of halogens is 8. The van der Waals surface area contributed by atoms with Gasteiger partial charge in [-0.05, 0) is 54.8 Å². The molecule has 1 N–H and O–H groups in total. The second-order valence-corrected chi connectivity index (χ2v) is 8.83. The highest BCUT2D eigenvalue weighted by molar-refractivity contribution is 6.02. The molecule has 1 aliphatic rings. The predicted octanol–water partition coefficient (Wildman–Crippen LogP) is 7.35. The van der Waals surface area contributed by atoms with Crippen LogP contribution in [0.1, 0.15) is 45.6 Å². The number of carbonyl (C=O) groups is 1. The quantitative estimate of drug-likeness (QED) is 0.253. The molecule has 1 aromatic heterocycles. The Kier molecular flexibility index (Phi) is 8.72. The van der Waals surface area contributed by atoms with E-state index in [4.69, 9.17) is 0 Å². The number of aromatic nitrogens is 2. The lowest BCUT2D eigenvalue weighted by atomic mass is 9.96. The van der Waals surface area contributed by atoms with Gasteiger partial charge in [-0.2, -0.15) is 31.4 Å². The molecule has 0 fully saturated rings. The summed E-state index contributed by atoms with van der Waals surface area (Å²) < 4.78 is 93.0. The molecule has 0 bridgehead atoms. The zero-order valence-electron chi connectivity index (χ0n) is 20.0. The van der Waals surface area contributed by atoms with Crippen LogP contribution < -0.4 is 0 Å². The van der Waals surface area contributed by atoms with Gasteiger partial charge in [0.05, 0.1) is 16.7 Å². The lowest BCUT2D eigenvalue weighted by Crippen LogP contribution is -2.30. The second-order valence-electron chi connectivity index (χ2n) is 8.83. The average Bonchev–Trinajstić information content (AvgIpc) is 3.23. The molecule has 0 radical (unpaired) electrons. The van der Waals surface area contributed by atoms with E-state index in [1.165, 1.54) is 19.1 Å². The SMILES string of the molecule is Cc1[nH]nc(-c2cc(C(F)(F)F)cc(C(F)(F)F)c2)c1C(=O)CCN1CC=C(c2ccc(F)cc2)CC1.Cl. The number of Topliss-reactive ketones (excluding diaryl/α,β-unsaturated/α-hetero) is 1. The molecule has 38 heavy (non-hydrogen) atoms. The van der Waals surface area contributed by atoms with Crippen molar-refractivity contribution >= 4 is 23.8 Å². The van der Waals surface area contributed by atoms with Gasteiger partial charge in [-0.15, -0.1) is 12.4 Å². The molecule has 0 atom stereocenters. The fraction of sp³-hybridized carbons (Fsp3) is 0.308. The number of alkyl halides is 6. The molecule has 2 heterocycles. The number of nitrogens with one attached hydrogen (secondary N) is 1. The van der Waals surface area contributed by atoms with Gasteiger partial charge in [-0.3, -0.25) is 14.8 Å². The Morgan fingerprint density at radius 2 is 1.58 bits per heavy atom. The maximum Gasteiger partial charge on any atom is 0.416 e. The van der Waals surface area contributed by atoms with Crippen LogP contribution in [0, 0.1) is 12.7 Å². The minimum Gasteiger partial charge on any atom is -0.299 e. The second kappa shape index (κ2) is 11.3. The van der Waals surface area contributed by atoms with Crippen molar-refractivity contribution in [1.82, 2.24) is 15.1 Å². The van der Waals surface area contributed by atoms with E-state index in [1.54, 1.807) is 12.1 Å². The summed E-state index contributed by atoms with van der Waals surface area (Å²) in [5, 5.41) is 6.38. The van der Waals surface area contributed by atoms with Gasteiger partial charge in [0.25, 0.3) is 0 Å². The Balaban J connectivity index is 0.00000400. The first-order chi connectivity index (χ1) is 17.3. The highest BCUT2D eigenvalue weighted by Gasteiger charge is 2.37. The fourth-order valence-electron chi connectivity index (χ4n) is 4.30. The number of carbonyl (C=O) groups excluding carboxylic acids is 1. The van der Waals surface area contributed by atoms with E-state index in [0.717, 1.165) is 11.1 Å². The van der Waals surface area contributed by atoms with E-state index in [0.29, 0.717) is 38.2 Å². The summed E-state index contributed by atoms with van der Waals surface area (Å²) >= 11 is 0. The minimum absolute atomic E-state index is 0. The molecule has 4 rings (SSSR count). The predicted molar refractivity (Wildman–Crippen MR) is 130 cm³/mol. The van der Waals surface area contributed by atoms with Gasteiger partial charge in [-0.1, -0.05) is 18.2 Å². The number of H-pyrrole nitrogens is 1. The summed E-state index contributed by atoms with van der Waals surface area (Å²) in [5.74, 6) is -0.769. The smallest absolute Gasteiger partial charge is 0.299 e. The van der Waals surface area contributed by atoms with Crippen LogP contribution in [0.4, 0.5) is 30.7 Å². The topological polar surface area (TPSA) is 49.0 Å². The molecule has 2 aromatic carbocycles. The Labute approximate surface area is 219 Å². The van der Waals surface area contributed by atoms with Gasteiger partial charge in [0.1, 0.15) is 11.5 Å². The third-order valence-electron chi connectivity index (χ3n) is 6.25. The first-order valence-electron chi connectivity index (χ1n) is 11.4. The van der Waals surface area contributed by atoms with E-state index in [1.807, 2.05) is 11.0 Å². The molecule has 1 aliphatic heterocycles. The van der Waals surface area contributed by atoms with Crippen LogP contribution in [-0.2, 0) is 12.4 Å². The van der Waals surface area contributed by atoms with Crippen LogP contribution in [-0.4, -0.2) is 40.5 Å². The summed E-state index contributed by atoms with van der Waals surface area (Å²) in [6.07, 6.45) is -7.37. The van der Waals surface area contributed by atoms with E-state index in [9.17, 15) is 35.5 Å². The van der Waals surface area contributed by atoms with Crippen molar-refractivity contribution in [2.45, 2.75) is 32.1 Å². The molecule has 0 aliphatic carbocycles. The van der Waals surface area contributed by atoms with E-state index < -0.39 is 34.8 Å².